The van der Waals surface area contributed by atoms with Gasteiger partial charge in [-0.1, -0.05) is 23.7 Å². The molecule has 5 heteroatoms. The van der Waals surface area contributed by atoms with Gasteiger partial charge in [0.05, 0.1) is 12.3 Å². The van der Waals surface area contributed by atoms with Crippen LogP contribution in [0.15, 0.2) is 24.3 Å². The second kappa shape index (κ2) is 5.07. The summed E-state index contributed by atoms with van der Waals surface area (Å²) in [5, 5.41) is 8.82. The van der Waals surface area contributed by atoms with Crippen molar-refractivity contribution in [2.75, 3.05) is 0 Å². The van der Waals surface area contributed by atoms with Crippen molar-refractivity contribution in [2.45, 2.75) is 18.8 Å². The van der Waals surface area contributed by atoms with Crippen molar-refractivity contribution < 1.29 is 18.7 Å². The number of rotatable bonds is 4. The Morgan fingerprint density at radius 2 is 2.13 bits per heavy atom. The number of hydrogen-bond acceptors (Lipinski definition) is 1. The predicted octanol–water partition coefficient (Wildman–Crippen LogP) is 3.16. The second-order valence-corrected chi connectivity index (χ2v) is 3.53. The van der Waals surface area contributed by atoms with Crippen molar-refractivity contribution in [2.24, 2.45) is 0 Å². The summed E-state index contributed by atoms with van der Waals surface area (Å²) < 4.78 is 25.1. The number of carbonyl (C=O) groups is 1. The van der Waals surface area contributed by atoms with Crippen LogP contribution in [0, 0.1) is 0 Å². The van der Waals surface area contributed by atoms with E-state index in [0.29, 0.717) is 5.02 Å². The molecule has 0 aliphatic carbocycles. The Labute approximate surface area is 90.5 Å². The van der Waals surface area contributed by atoms with E-state index in [4.69, 9.17) is 16.7 Å². The quantitative estimate of drug-likeness (QED) is 0.869. The van der Waals surface area contributed by atoms with E-state index in [1.54, 1.807) is 6.07 Å². The Balaban J connectivity index is 2.93. The molecule has 82 valence electrons. The van der Waals surface area contributed by atoms with Gasteiger partial charge < -0.3 is 5.11 Å². The minimum absolute atomic E-state index is 0.250. The Hall–Kier alpha value is -1.16. The molecule has 1 aromatic carbocycles. The van der Waals surface area contributed by atoms with Crippen LogP contribution in [0.2, 0.25) is 5.02 Å². The second-order valence-electron chi connectivity index (χ2n) is 3.09. The van der Waals surface area contributed by atoms with Gasteiger partial charge in [-0.05, 0) is 17.7 Å². The van der Waals surface area contributed by atoms with Crippen molar-refractivity contribution in [3.8, 4) is 0 Å². The van der Waals surface area contributed by atoms with Gasteiger partial charge in [-0.15, -0.1) is 0 Å². The zero-order valence-electron chi connectivity index (χ0n) is 7.66. The molecule has 0 saturated carbocycles. The lowest BCUT2D eigenvalue weighted by Gasteiger charge is -2.14. The number of benzene rings is 1. The first kappa shape index (κ1) is 11.9. The first-order valence-corrected chi connectivity index (χ1v) is 4.64. The Bertz CT molecular complexity index is 355. The summed E-state index contributed by atoms with van der Waals surface area (Å²) in [5.74, 6) is -2.55. The predicted molar refractivity (Wildman–Crippen MR) is 52.4 cm³/mol. The van der Waals surface area contributed by atoms with Crippen LogP contribution in [0.4, 0.5) is 8.78 Å². The van der Waals surface area contributed by atoms with E-state index in [-0.39, 0.29) is 5.56 Å². The largest absolute Gasteiger partial charge is 0.481 e. The average molecular weight is 235 g/mol. The van der Waals surface area contributed by atoms with E-state index in [9.17, 15) is 13.6 Å². The van der Waals surface area contributed by atoms with Gasteiger partial charge in [-0.25, -0.2) is 8.78 Å². The summed E-state index contributed by atoms with van der Waals surface area (Å²) in [7, 11) is 0. The molecular formula is C10H9ClF2O2. The van der Waals surface area contributed by atoms with E-state index >= 15 is 0 Å². The van der Waals surface area contributed by atoms with Crippen molar-refractivity contribution in [1.29, 1.82) is 0 Å². The maximum absolute atomic E-state index is 12.6. The van der Waals surface area contributed by atoms with Crippen LogP contribution in [-0.4, -0.2) is 17.5 Å². The van der Waals surface area contributed by atoms with Gasteiger partial charge in [0.1, 0.15) is 0 Å². The van der Waals surface area contributed by atoms with Gasteiger partial charge >= 0.3 is 5.97 Å². The molecule has 1 aromatic rings. The van der Waals surface area contributed by atoms with Crippen molar-refractivity contribution in [3.63, 3.8) is 0 Å². The summed E-state index contributed by atoms with van der Waals surface area (Å²) in [6.07, 6.45) is -3.31. The highest BCUT2D eigenvalue weighted by molar-refractivity contribution is 6.30. The molecule has 0 fully saturated rings. The molecule has 0 spiro atoms. The number of alkyl halides is 2. The van der Waals surface area contributed by atoms with Crippen molar-refractivity contribution in [1.82, 2.24) is 0 Å². The van der Waals surface area contributed by atoms with Crippen LogP contribution in [0.3, 0.4) is 0 Å². The number of halogens is 3. The SMILES string of the molecule is O=C(O)CC(c1cccc(Cl)c1)C(F)F. The number of aliphatic carboxylic acids is 1. The molecule has 1 N–H and O–H groups in total. The lowest BCUT2D eigenvalue weighted by atomic mass is 9.96. The Kier molecular flexibility index (Phi) is 4.03. The summed E-state index contributed by atoms with van der Waals surface area (Å²) in [4.78, 5) is 10.4. The fourth-order valence-electron chi connectivity index (χ4n) is 1.28. The lowest BCUT2D eigenvalue weighted by molar-refractivity contribution is -0.138. The molecule has 0 saturated heterocycles. The van der Waals surface area contributed by atoms with E-state index in [0.717, 1.165) is 0 Å². The molecule has 0 aliphatic rings. The van der Waals surface area contributed by atoms with E-state index in [1.165, 1.54) is 18.2 Å². The Morgan fingerprint density at radius 1 is 1.47 bits per heavy atom. The maximum Gasteiger partial charge on any atom is 0.304 e. The number of carboxylic acid groups (broad SMARTS) is 1. The molecule has 0 aliphatic heterocycles. The van der Waals surface area contributed by atoms with Crippen LogP contribution in [0.1, 0.15) is 17.9 Å². The molecule has 1 atom stereocenters. The fraction of sp³-hybridized carbons (Fsp3) is 0.300. The Morgan fingerprint density at radius 3 is 2.60 bits per heavy atom. The first-order chi connectivity index (χ1) is 7.00. The van der Waals surface area contributed by atoms with Crippen LogP contribution < -0.4 is 0 Å². The summed E-state index contributed by atoms with van der Waals surface area (Å²) >= 11 is 5.64. The van der Waals surface area contributed by atoms with Crippen LogP contribution in [0.25, 0.3) is 0 Å². The minimum atomic E-state index is -2.71. The van der Waals surface area contributed by atoms with E-state index < -0.39 is 24.7 Å². The average Bonchev–Trinajstić information content (AvgIpc) is 2.13. The van der Waals surface area contributed by atoms with E-state index in [2.05, 4.69) is 0 Å². The summed E-state index contributed by atoms with van der Waals surface area (Å²) in [6.45, 7) is 0. The standard InChI is InChI=1S/C10H9ClF2O2/c11-7-3-1-2-6(4-7)8(10(12)13)5-9(14)15/h1-4,8,10H,5H2,(H,14,15). The zero-order valence-corrected chi connectivity index (χ0v) is 8.42. The topological polar surface area (TPSA) is 37.3 Å². The maximum atomic E-state index is 12.6. The molecule has 0 radical (unpaired) electrons. The molecule has 1 rings (SSSR count). The summed E-state index contributed by atoms with van der Waals surface area (Å²) in [6, 6.07) is 5.89. The van der Waals surface area contributed by atoms with Gasteiger partial charge in [0.2, 0.25) is 6.43 Å². The minimum Gasteiger partial charge on any atom is -0.481 e. The molecule has 0 heterocycles. The van der Waals surface area contributed by atoms with E-state index in [1.807, 2.05) is 0 Å². The lowest BCUT2D eigenvalue weighted by Crippen LogP contribution is -2.14. The van der Waals surface area contributed by atoms with Gasteiger partial charge in [-0.2, -0.15) is 0 Å². The third kappa shape index (κ3) is 3.47. The monoisotopic (exact) mass is 234 g/mol. The molecule has 15 heavy (non-hydrogen) atoms. The zero-order chi connectivity index (χ0) is 11.4. The van der Waals surface area contributed by atoms with Crippen LogP contribution in [-0.2, 0) is 4.79 Å². The highest BCUT2D eigenvalue weighted by atomic mass is 35.5. The third-order valence-electron chi connectivity index (χ3n) is 1.98. The van der Waals surface area contributed by atoms with Crippen LogP contribution >= 0.6 is 11.6 Å². The molecule has 0 aromatic heterocycles. The van der Waals surface area contributed by atoms with Gasteiger partial charge in [0.15, 0.2) is 0 Å². The highest BCUT2D eigenvalue weighted by Crippen LogP contribution is 2.28. The molecule has 0 amide bonds. The first-order valence-electron chi connectivity index (χ1n) is 4.26. The van der Waals surface area contributed by atoms with Crippen LogP contribution in [0.5, 0.6) is 0 Å². The fourth-order valence-corrected chi connectivity index (χ4v) is 1.48. The normalized spacial score (nSPS) is 12.8. The van der Waals surface area contributed by atoms with Gasteiger partial charge in [0.25, 0.3) is 0 Å². The third-order valence-corrected chi connectivity index (χ3v) is 2.21. The molecular weight excluding hydrogens is 226 g/mol. The van der Waals surface area contributed by atoms with Crippen molar-refractivity contribution >= 4 is 17.6 Å². The number of carboxylic acids is 1. The number of hydrogen-bond donors (Lipinski definition) is 1. The highest BCUT2D eigenvalue weighted by Gasteiger charge is 2.25. The van der Waals surface area contributed by atoms with Gasteiger partial charge in [0, 0.05) is 5.02 Å². The molecule has 1 unspecified atom stereocenters. The molecule has 0 bridgehead atoms. The smallest absolute Gasteiger partial charge is 0.304 e. The van der Waals surface area contributed by atoms with Gasteiger partial charge in [-0.3, -0.25) is 4.79 Å². The summed E-state index contributed by atoms with van der Waals surface area (Å²) in [5.41, 5.74) is 0.250. The molecule has 2 nitrogen and oxygen atoms in total. The van der Waals surface area contributed by atoms with Crippen molar-refractivity contribution in [3.05, 3.63) is 34.9 Å².